The van der Waals surface area contributed by atoms with E-state index in [2.05, 4.69) is 131 Å². The van der Waals surface area contributed by atoms with Crippen molar-refractivity contribution >= 4 is 5.84 Å². The van der Waals surface area contributed by atoms with Crippen molar-refractivity contribution in [2.45, 2.75) is 135 Å². The van der Waals surface area contributed by atoms with Gasteiger partial charge in [-0.05, 0) is 76.0 Å². The number of nitrogens with zero attached hydrogens (tertiary/aromatic N) is 2. The van der Waals surface area contributed by atoms with Crippen LogP contribution in [0.15, 0.2) is 47.1 Å². The summed E-state index contributed by atoms with van der Waals surface area (Å²) in [5.41, 5.74) is 6.64. The van der Waals surface area contributed by atoms with Crippen molar-refractivity contribution in [3.8, 4) is 0 Å². The van der Waals surface area contributed by atoms with Crippen molar-refractivity contribution in [1.82, 2.24) is 4.90 Å². The number of aliphatic imine (C=N–C) groups is 1. The van der Waals surface area contributed by atoms with Crippen molar-refractivity contribution in [2.24, 2.45) is 16.8 Å². The zero-order chi connectivity index (χ0) is 29.4. The first kappa shape index (κ1) is 39.7. The molecule has 1 aromatic carbocycles. The molecule has 37 heavy (non-hydrogen) atoms. The lowest BCUT2D eigenvalue weighted by atomic mass is 10.0. The van der Waals surface area contributed by atoms with E-state index in [1.54, 1.807) is 0 Å². The van der Waals surface area contributed by atoms with E-state index in [1.807, 2.05) is 7.05 Å². The molecule has 0 aliphatic carbocycles. The van der Waals surface area contributed by atoms with Crippen LogP contribution in [0.2, 0.25) is 0 Å². The number of aryl methyl sites for hydroxylation is 3. The van der Waals surface area contributed by atoms with Crippen molar-refractivity contribution in [3.05, 3.63) is 58.8 Å². The highest BCUT2D eigenvalue weighted by molar-refractivity contribution is 5.94. The van der Waals surface area contributed by atoms with Gasteiger partial charge in [-0.1, -0.05) is 124 Å². The van der Waals surface area contributed by atoms with Crippen molar-refractivity contribution < 1.29 is 0 Å². The summed E-state index contributed by atoms with van der Waals surface area (Å²) >= 11 is 0. The largest absolute Gasteiger partial charge is 0.331 e. The Hall–Kier alpha value is -1.83. The van der Waals surface area contributed by atoms with E-state index >= 15 is 0 Å². The number of allylic oxidation sites excluding steroid dienone is 2. The molecule has 0 saturated heterocycles. The average molecular weight is 515 g/mol. The molecule has 216 valence electrons. The lowest BCUT2D eigenvalue weighted by Crippen LogP contribution is -2.29. The summed E-state index contributed by atoms with van der Waals surface area (Å²) in [4.78, 5) is 6.52. The van der Waals surface area contributed by atoms with Gasteiger partial charge in [-0.2, -0.15) is 0 Å². The molecule has 0 heterocycles. The van der Waals surface area contributed by atoms with Crippen LogP contribution in [0.5, 0.6) is 0 Å². The van der Waals surface area contributed by atoms with Crippen LogP contribution in [-0.4, -0.2) is 24.3 Å². The van der Waals surface area contributed by atoms with Gasteiger partial charge in [0.15, 0.2) is 0 Å². The summed E-state index contributed by atoms with van der Waals surface area (Å²) in [6.07, 6.45) is 10.8. The van der Waals surface area contributed by atoms with Crippen LogP contribution >= 0.6 is 0 Å². The topological polar surface area (TPSA) is 15.6 Å². The van der Waals surface area contributed by atoms with Gasteiger partial charge in [0.05, 0.1) is 0 Å². The number of rotatable bonds is 10. The SMILES string of the molecule is C=C(CC)N(CCC)C(C=C(C)C)=NC.CCC(C)C.CCCCC(C)C.CCc1cc(C)ccc1C. The minimum Gasteiger partial charge on any atom is -0.331 e. The zero-order valence-corrected chi connectivity index (χ0v) is 27.7. The molecule has 0 unspecified atom stereocenters. The Morgan fingerprint density at radius 1 is 0.946 bits per heavy atom. The van der Waals surface area contributed by atoms with Crippen LogP contribution in [0.25, 0.3) is 0 Å². The second-order valence-electron chi connectivity index (χ2n) is 11.0. The number of unbranched alkanes of at least 4 members (excludes halogenated alkanes) is 1. The molecule has 1 aromatic rings. The second kappa shape index (κ2) is 25.8. The van der Waals surface area contributed by atoms with Crippen LogP contribution in [0, 0.1) is 25.7 Å². The van der Waals surface area contributed by atoms with Gasteiger partial charge in [0, 0.05) is 19.3 Å². The maximum atomic E-state index is 4.32. The summed E-state index contributed by atoms with van der Waals surface area (Å²) in [7, 11) is 1.83. The van der Waals surface area contributed by atoms with E-state index in [0.717, 1.165) is 49.2 Å². The minimum absolute atomic E-state index is 0.884. The van der Waals surface area contributed by atoms with Gasteiger partial charge >= 0.3 is 0 Å². The molecule has 0 aliphatic heterocycles. The fourth-order valence-electron chi connectivity index (χ4n) is 3.16. The van der Waals surface area contributed by atoms with E-state index in [1.165, 1.54) is 47.9 Å². The predicted molar refractivity (Wildman–Crippen MR) is 174 cm³/mol. The summed E-state index contributed by atoms with van der Waals surface area (Å²) in [6, 6.07) is 6.61. The first-order chi connectivity index (χ1) is 17.3. The maximum absolute atomic E-state index is 4.32. The molecule has 0 spiro atoms. The Labute approximate surface area is 234 Å². The Balaban J connectivity index is -0.000000453. The van der Waals surface area contributed by atoms with Gasteiger partial charge in [0.1, 0.15) is 5.84 Å². The lowest BCUT2D eigenvalue weighted by Gasteiger charge is -2.25. The summed E-state index contributed by atoms with van der Waals surface area (Å²) in [6.45, 7) is 33.5. The van der Waals surface area contributed by atoms with Crippen LogP contribution in [0.1, 0.15) is 131 Å². The molecule has 0 radical (unpaired) electrons. The highest BCUT2D eigenvalue weighted by Gasteiger charge is 2.09. The second-order valence-corrected chi connectivity index (χ2v) is 11.0. The third kappa shape index (κ3) is 24.3. The van der Waals surface area contributed by atoms with Gasteiger partial charge < -0.3 is 4.90 Å². The number of benzene rings is 1. The van der Waals surface area contributed by atoms with Crippen LogP contribution in [0.4, 0.5) is 0 Å². The van der Waals surface area contributed by atoms with E-state index in [9.17, 15) is 0 Å². The molecular weight excluding hydrogens is 448 g/mol. The molecule has 0 aliphatic rings. The Kier molecular flexibility index (Phi) is 27.7. The average Bonchev–Trinajstić information content (AvgIpc) is 2.86. The monoisotopic (exact) mass is 515 g/mol. The van der Waals surface area contributed by atoms with Crippen LogP contribution in [-0.2, 0) is 6.42 Å². The molecule has 0 bridgehead atoms. The Morgan fingerprint density at radius 2 is 1.51 bits per heavy atom. The predicted octanol–water partition coefficient (Wildman–Crippen LogP) is 11.4. The molecule has 0 fully saturated rings. The van der Waals surface area contributed by atoms with Crippen molar-refractivity contribution in [3.63, 3.8) is 0 Å². The number of hydrogen-bond donors (Lipinski definition) is 0. The van der Waals surface area contributed by atoms with Crippen molar-refractivity contribution in [1.29, 1.82) is 0 Å². The molecule has 0 saturated carbocycles. The van der Waals surface area contributed by atoms with Gasteiger partial charge in [0.2, 0.25) is 0 Å². The maximum Gasteiger partial charge on any atom is 0.127 e. The normalized spacial score (nSPS) is 10.4. The van der Waals surface area contributed by atoms with E-state index in [4.69, 9.17) is 0 Å². The van der Waals surface area contributed by atoms with Gasteiger partial charge in [0.25, 0.3) is 0 Å². The molecule has 0 N–H and O–H groups in total. The van der Waals surface area contributed by atoms with Crippen LogP contribution < -0.4 is 0 Å². The smallest absolute Gasteiger partial charge is 0.127 e. The van der Waals surface area contributed by atoms with E-state index < -0.39 is 0 Å². The highest BCUT2D eigenvalue weighted by atomic mass is 15.2. The fraction of sp³-hybridized carbons (Fsp3) is 0.686. The van der Waals surface area contributed by atoms with E-state index in [0.29, 0.717) is 0 Å². The van der Waals surface area contributed by atoms with Gasteiger partial charge in [-0.3, -0.25) is 4.99 Å². The first-order valence-electron chi connectivity index (χ1n) is 15.0. The lowest BCUT2D eigenvalue weighted by molar-refractivity contribution is 0.495. The van der Waals surface area contributed by atoms with Crippen molar-refractivity contribution in [2.75, 3.05) is 13.6 Å². The molecule has 0 atom stereocenters. The summed E-state index contributed by atoms with van der Waals surface area (Å²) in [5.74, 6) is 2.80. The third-order valence-electron chi connectivity index (χ3n) is 6.00. The first-order valence-corrected chi connectivity index (χ1v) is 15.0. The van der Waals surface area contributed by atoms with E-state index in [-0.39, 0.29) is 0 Å². The summed E-state index contributed by atoms with van der Waals surface area (Å²) in [5, 5.41) is 0. The molecule has 2 heteroatoms. The Morgan fingerprint density at radius 3 is 1.81 bits per heavy atom. The fourth-order valence-corrected chi connectivity index (χ4v) is 3.16. The number of amidine groups is 1. The molecule has 0 amide bonds. The highest BCUT2D eigenvalue weighted by Crippen LogP contribution is 2.11. The zero-order valence-electron chi connectivity index (χ0n) is 27.7. The van der Waals surface area contributed by atoms with Gasteiger partial charge in [-0.15, -0.1) is 0 Å². The van der Waals surface area contributed by atoms with Gasteiger partial charge in [-0.25, -0.2) is 0 Å². The summed E-state index contributed by atoms with van der Waals surface area (Å²) < 4.78 is 0. The standard InChI is InChI=1S/C13H24N2.C10H14.C7H16.C5H12/c1-7-9-15(12(5)8-2)13(14-6)10-11(3)4;1-4-10-7-8(2)5-6-9(10)3;1-4-5-6-7(2)3;1-4-5(2)3/h10H,5,7-9H2,1-4,6H3;5-7H,4H2,1-3H3;7H,4-6H2,1-3H3;5H,4H2,1-3H3. The number of hydrogen-bond acceptors (Lipinski definition) is 1. The molecular formula is C35H66N2. The molecule has 0 aromatic heterocycles. The van der Waals surface area contributed by atoms with Crippen LogP contribution in [0.3, 0.4) is 0 Å². The molecule has 1 rings (SSSR count). The quantitative estimate of drug-likeness (QED) is 0.224. The minimum atomic E-state index is 0.884. The Bertz CT molecular complexity index is 734. The molecule has 2 nitrogen and oxygen atoms in total. The third-order valence-corrected chi connectivity index (χ3v) is 6.00.